The molecule has 0 aliphatic carbocycles. The molecule has 0 spiro atoms. The molecule has 29 heavy (non-hydrogen) atoms. The fourth-order valence-corrected chi connectivity index (χ4v) is 4.85. The number of hydrogen-bond donors (Lipinski definition) is 1. The Balaban J connectivity index is 1.51. The zero-order chi connectivity index (χ0) is 20.4. The van der Waals surface area contributed by atoms with Gasteiger partial charge in [-0.3, -0.25) is 4.79 Å². The second kappa shape index (κ2) is 7.81. The summed E-state index contributed by atoms with van der Waals surface area (Å²) in [7, 11) is -3.58. The summed E-state index contributed by atoms with van der Waals surface area (Å²) in [4.78, 5) is 12.6. The van der Waals surface area contributed by atoms with Crippen molar-refractivity contribution in [3.63, 3.8) is 0 Å². The van der Waals surface area contributed by atoms with Crippen molar-refractivity contribution in [2.45, 2.75) is 24.7 Å². The summed E-state index contributed by atoms with van der Waals surface area (Å²) in [6.07, 6.45) is 1.71. The number of carbonyl (C=O) groups is 1. The van der Waals surface area contributed by atoms with Crippen molar-refractivity contribution in [3.8, 4) is 0 Å². The summed E-state index contributed by atoms with van der Waals surface area (Å²) >= 11 is 0. The number of hydrazone groups is 1. The molecule has 150 valence electrons. The van der Waals surface area contributed by atoms with Crippen molar-refractivity contribution < 1.29 is 17.6 Å². The molecule has 1 aliphatic heterocycles. The van der Waals surface area contributed by atoms with Crippen molar-refractivity contribution in [1.29, 1.82) is 0 Å². The second-order valence-electron chi connectivity index (χ2n) is 6.93. The monoisotopic (exact) mass is 411 g/mol. The number of benzene rings is 2. The highest BCUT2D eigenvalue weighted by Gasteiger charge is 2.27. The smallest absolute Gasteiger partial charge is 0.271 e. The normalized spacial score (nSPS) is 15.7. The Kier molecular flexibility index (Phi) is 5.21. The SMILES string of the molecule is C/C(=N/NC(=O)c1cccc(S(=O)(=O)N2CCCC2)c1)c1cc2ccccc2o1. The first-order chi connectivity index (χ1) is 13.9. The van der Waals surface area contributed by atoms with Crippen molar-refractivity contribution in [2.75, 3.05) is 13.1 Å². The molecular formula is C21H21N3O4S. The molecule has 7 nitrogen and oxygen atoms in total. The van der Waals surface area contributed by atoms with E-state index >= 15 is 0 Å². The van der Waals surface area contributed by atoms with E-state index < -0.39 is 15.9 Å². The van der Waals surface area contributed by atoms with Gasteiger partial charge in [-0.05, 0) is 50.1 Å². The van der Waals surface area contributed by atoms with E-state index in [0.717, 1.165) is 23.8 Å². The topological polar surface area (TPSA) is 92.0 Å². The Bertz CT molecular complexity index is 1160. The van der Waals surface area contributed by atoms with E-state index in [1.807, 2.05) is 30.3 Å². The Morgan fingerprint density at radius 1 is 1.07 bits per heavy atom. The zero-order valence-corrected chi connectivity index (χ0v) is 16.8. The lowest BCUT2D eigenvalue weighted by atomic mass is 10.2. The molecule has 0 unspecified atom stereocenters. The van der Waals surface area contributed by atoms with Crippen LogP contribution in [-0.2, 0) is 10.0 Å². The number of rotatable bonds is 5. The maximum Gasteiger partial charge on any atom is 0.271 e. The third kappa shape index (κ3) is 3.94. The van der Waals surface area contributed by atoms with Crippen LogP contribution < -0.4 is 5.43 Å². The first-order valence-corrected chi connectivity index (χ1v) is 10.8. The molecule has 1 aliphatic rings. The van der Waals surface area contributed by atoms with Gasteiger partial charge in [-0.2, -0.15) is 9.41 Å². The third-order valence-corrected chi connectivity index (χ3v) is 6.80. The highest BCUT2D eigenvalue weighted by molar-refractivity contribution is 7.89. The number of sulfonamides is 1. The number of hydrogen-bond acceptors (Lipinski definition) is 5. The van der Waals surface area contributed by atoms with Crippen LogP contribution in [0.5, 0.6) is 0 Å². The first kappa shape index (κ1) is 19.4. The lowest BCUT2D eigenvalue weighted by Gasteiger charge is -2.15. The second-order valence-corrected chi connectivity index (χ2v) is 8.86. The summed E-state index contributed by atoms with van der Waals surface area (Å²) in [6, 6.07) is 15.5. The Hall–Kier alpha value is -2.97. The van der Waals surface area contributed by atoms with Crippen LogP contribution in [0.4, 0.5) is 0 Å². The lowest BCUT2D eigenvalue weighted by molar-refractivity contribution is 0.0954. The Morgan fingerprint density at radius 2 is 1.83 bits per heavy atom. The van der Waals surface area contributed by atoms with E-state index in [2.05, 4.69) is 10.5 Å². The van der Waals surface area contributed by atoms with Gasteiger partial charge in [0.15, 0.2) is 5.76 Å². The minimum absolute atomic E-state index is 0.116. The summed E-state index contributed by atoms with van der Waals surface area (Å²) in [5.41, 5.74) is 3.95. The molecule has 0 saturated carbocycles. The van der Waals surface area contributed by atoms with Crippen LogP contribution in [0.25, 0.3) is 11.0 Å². The van der Waals surface area contributed by atoms with Crippen molar-refractivity contribution in [1.82, 2.24) is 9.73 Å². The maximum absolute atomic E-state index is 12.7. The number of furan rings is 1. The van der Waals surface area contributed by atoms with Crippen LogP contribution in [-0.4, -0.2) is 37.4 Å². The van der Waals surface area contributed by atoms with E-state index in [1.54, 1.807) is 19.1 Å². The van der Waals surface area contributed by atoms with E-state index in [1.165, 1.54) is 16.4 Å². The summed E-state index contributed by atoms with van der Waals surface area (Å²) < 4.78 is 32.6. The summed E-state index contributed by atoms with van der Waals surface area (Å²) in [5.74, 6) is 0.0656. The molecule has 1 amide bonds. The average molecular weight is 411 g/mol. The number of nitrogens with zero attached hydrogens (tertiary/aromatic N) is 2. The van der Waals surface area contributed by atoms with Crippen LogP contribution in [0.1, 0.15) is 35.9 Å². The summed E-state index contributed by atoms with van der Waals surface area (Å²) in [6.45, 7) is 2.76. The van der Waals surface area contributed by atoms with E-state index in [0.29, 0.717) is 24.6 Å². The van der Waals surface area contributed by atoms with Gasteiger partial charge in [-0.15, -0.1) is 0 Å². The molecule has 1 saturated heterocycles. The van der Waals surface area contributed by atoms with Crippen molar-refractivity contribution >= 4 is 32.6 Å². The van der Waals surface area contributed by atoms with Crippen molar-refractivity contribution in [3.05, 3.63) is 65.9 Å². The van der Waals surface area contributed by atoms with Gasteiger partial charge >= 0.3 is 0 Å². The van der Waals surface area contributed by atoms with Crippen molar-refractivity contribution in [2.24, 2.45) is 5.10 Å². The molecule has 1 N–H and O–H groups in total. The number of carbonyl (C=O) groups excluding carboxylic acids is 1. The number of nitrogens with one attached hydrogen (secondary N) is 1. The van der Waals surface area contributed by atoms with Gasteiger partial charge in [0.1, 0.15) is 11.3 Å². The molecule has 2 heterocycles. The van der Waals surface area contributed by atoms with Crippen LogP contribution in [0, 0.1) is 0 Å². The molecule has 4 rings (SSSR count). The van der Waals surface area contributed by atoms with Crippen LogP contribution in [0.3, 0.4) is 0 Å². The van der Waals surface area contributed by atoms with Crippen LogP contribution >= 0.6 is 0 Å². The quantitative estimate of drug-likeness (QED) is 0.515. The van der Waals surface area contributed by atoms with Gasteiger partial charge in [0, 0.05) is 24.0 Å². The minimum Gasteiger partial charge on any atom is -0.455 e. The number of para-hydroxylation sites is 1. The highest BCUT2D eigenvalue weighted by atomic mass is 32.2. The lowest BCUT2D eigenvalue weighted by Crippen LogP contribution is -2.28. The van der Waals surface area contributed by atoms with Gasteiger partial charge in [0.05, 0.1) is 4.90 Å². The fraction of sp³-hybridized carbons (Fsp3) is 0.238. The number of amides is 1. The third-order valence-electron chi connectivity index (χ3n) is 4.91. The van der Waals surface area contributed by atoms with Gasteiger partial charge in [-0.25, -0.2) is 13.8 Å². The molecule has 8 heteroatoms. The highest BCUT2D eigenvalue weighted by Crippen LogP contribution is 2.22. The molecule has 3 aromatic rings. The number of fused-ring (bicyclic) bond motifs is 1. The average Bonchev–Trinajstić information content (AvgIpc) is 3.42. The Labute approximate surface area is 169 Å². The van der Waals surface area contributed by atoms with E-state index in [9.17, 15) is 13.2 Å². The molecule has 0 atom stereocenters. The fourth-order valence-electron chi connectivity index (χ4n) is 3.29. The summed E-state index contributed by atoms with van der Waals surface area (Å²) in [5, 5.41) is 5.05. The molecule has 2 aromatic carbocycles. The predicted molar refractivity (Wildman–Crippen MR) is 110 cm³/mol. The van der Waals surface area contributed by atoms with Crippen LogP contribution in [0.2, 0.25) is 0 Å². The van der Waals surface area contributed by atoms with E-state index in [4.69, 9.17) is 4.42 Å². The largest absolute Gasteiger partial charge is 0.455 e. The molecule has 1 fully saturated rings. The predicted octanol–water partition coefficient (Wildman–Crippen LogP) is 3.37. The maximum atomic E-state index is 12.7. The molecular weight excluding hydrogens is 390 g/mol. The molecule has 1 aromatic heterocycles. The standard InChI is InChI=1S/C21H21N3O4S/c1-15(20-14-16-7-2-3-10-19(16)28-20)22-23-21(25)17-8-6-9-18(13-17)29(26,27)24-11-4-5-12-24/h2-3,6-10,13-14H,4-5,11-12H2,1H3,(H,23,25)/b22-15-. The van der Waals surface area contributed by atoms with Gasteiger partial charge < -0.3 is 4.42 Å². The first-order valence-electron chi connectivity index (χ1n) is 9.39. The van der Waals surface area contributed by atoms with Crippen LogP contribution in [0.15, 0.2) is 69.0 Å². The van der Waals surface area contributed by atoms with Gasteiger partial charge in [0.2, 0.25) is 10.0 Å². The molecule has 0 bridgehead atoms. The van der Waals surface area contributed by atoms with Gasteiger partial charge in [-0.1, -0.05) is 24.3 Å². The Morgan fingerprint density at radius 3 is 2.59 bits per heavy atom. The van der Waals surface area contributed by atoms with E-state index in [-0.39, 0.29) is 10.5 Å². The van der Waals surface area contributed by atoms with Gasteiger partial charge in [0.25, 0.3) is 5.91 Å². The molecule has 0 radical (unpaired) electrons. The minimum atomic E-state index is -3.58. The zero-order valence-electron chi connectivity index (χ0n) is 16.0.